The maximum absolute atomic E-state index is 12.6. The van der Waals surface area contributed by atoms with Gasteiger partial charge in [0.1, 0.15) is 6.54 Å². The molecule has 0 bridgehead atoms. The van der Waals surface area contributed by atoms with Gasteiger partial charge < -0.3 is 4.90 Å². The Morgan fingerprint density at radius 3 is 2.50 bits per heavy atom. The standard InChI is InChI=1S/C12H12BrClF3N/c13-6-8-5-9(14)1-4-11(8)18(10-2-3-10)7-12(15,16)17/h1,4-5,10H,2-3,6-7H2. The fourth-order valence-electron chi connectivity index (χ4n) is 1.93. The number of anilines is 1. The van der Waals surface area contributed by atoms with Crippen molar-refractivity contribution < 1.29 is 13.2 Å². The minimum absolute atomic E-state index is 0.00519. The van der Waals surface area contributed by atoms with Crippen molar-refractivity contribution >= 4 is 33.2 Å². The van der Waals surface area contributed by atoms with E-state index >= 15 is 0 Å². The predicted molar refractivity (Wildman–Crippen MR) is 70.5 cm³/mol. The molecule has 0 radical (unpaired) electrons. The number of benzene rings is 1. The van der Waals surface area contributed by atoms with E-state index < -0.39 is 12.7 Å². The first-order valence-electron chi connectivity index (χ1n) is 5.58. The summed E-state index contributed by atoms with van der Waals surface area (Å²) in [7, 11) is 0. The number of hydrogen-bond acceptors (Lipinski definition) is 1. The molecular formula is C12H12BrClF3N. The molecule has 6 heteroatoms. The Bertz CT molecular complexity index is 432. The van der Waals surface area contributed by atoms with Gasteiger partial charge in [-0.05, 0) is 36.6 Å². The van der Waals surface area contributed by atoms with Crippen LogP contribution < -0.4 is 4.90 Å². The van der Waals surface area contributed by atoms with Crippen LogP contribution in [0.3, 0.4) is 0 Å². The topological polar surface area (TPSA) is 3.24 Å². The summed E-state index contributed by atoms with van der Waals surface area (Å²) in [5, 5.41) is 1.03. The molecule has 2 rings (SSSR count). The summed E-state index contributed by atoms with van der Waals surface area (Å²) in [5.41, 5.74) is 1.41. The predicted octanol–water partition coefficient (Wildman–Crippen LogP) is 4.77. The first-order chi connectivity index (χ1) is 8.40. The minimum Gasteiger partial charge on any atom is -0.359 e. The molecule has 0 aliphatic heterocycles. The van der Waals surface area contributed by atoms with E-state index in [0.29, 0.717) is 16.0 Å². The summed E-state index contributed by atoms with van der Waals surface area (Å²) in [6.07, 6.45) is -2.55. The van der Waals surface area contributed by atoms with Gasteiger partial charge in [0.05, 0.1) is 0 Å². The van der Waals surface area contributed by atoms with Gasteiger partial charge in [-0.3, -0.25) is 0 Å². The number of rotatable bonds is 4. The van der Waals surface area contributed by atoms with E-state index in [1.54, 1.807) is 18.2 Å². The van der Waals surface area contributed by atoms with Crippen molar-refractivity contribution in [3.63, 3.8) is 0 Å². The maximum Gasteiger partial charge on any atom is 0.405 e. The van der Waals surface area contributed by atoms with Gasteiger partial charge in [-0.15, -0.1) is 0 Å². The van der Waals surface area contributed by atoms with Crippen molar-refractivity contribution in [2.75, 3.05) is 11.4 Å². The molecule has 1 aromatic rings. The molecule has 100 valence electrons. The zero-order valence-electron chi connectivity index (χ0n) is 9.47. The maximum atomic E-state index is 12.6. The van der Waals surface area contributed by atoms with Gasteiger partial charge in [0.2, 0.25) is 0 Å². The molecule has 1 aliphatic rings. The van der Waals surface area contributed by atoms with Crippen LogP contribution in [-0.2, 0) is 5.33 Å². The highest BCUT2D eigenvalue weighted by atomic mass is 79.9. The summed E-state index contributed by atoms with van der Waals surface area (Å²) in [5.74, 6) is 0. The molecular weight excluding hydrogens is 330 g/mol. The van der Waals surface area contributed by atoms with Crippen LogP contribution in [0.5, 0.6) is 0 Å². The van der Waals surface area contributed by atoms with E-state index in [9.17, 15) is 13.2 Å². The lowest BCUT2D eigenvalue weighted by Crippen LogP contribution is -2.36. The highest BCUT2D eigenvalue weighted by Gasteiger charge is 2.38. The number of hydrogen-bond donors (Lipinski definition) is 0. The Kier molecular flexibility index (Phi) is 4.11. The SMILES string of the molecule is FC(F)(F)CN(c1ccc(Cl)cc1CBr)C1CC1. The van der Waals surface area contributed by atoms with Crippen LogP contribution in [0.2, 0.25) is 5.02 Å². The normalized spacial score (nSPS) is 15.8. The molecule has 0 unspecified atom stereocenters. The third-order valence-electron chi connectivity index (χ3n) is 2.83. The van der Waals surface area contributed by atoms with Gasteiger partial charge in [0, 0.05) is 22.1 Å². The van der Waals surface area contributed by atoms with Crippen LogP contribution in [-0.4, -0.2) is 18.8 Å². The lowest BCUT2D eigenvalue weighted by Gasteiger charge is -2.28. The lowest BCUT2D eigenvalue weighted by molar-refractivity contribution is -0.120. The first kappa shape index (κ1) is 14.0. The minimum atomic E-state index is -4.19. The highest BCUT2D eigenvalue weighted by molar-refractivity contribution is 9.08. The van der Waals surface area contributed by atoms with Crippen molar-refractivity contribution in [2.24, 2.45) is 0 Å². The third kappa shape index (κ3) is 3.54. The molecule has 1 aromatic carbocycles. The fourth-order valence-corrected chi connectivity index (χ4v) is 2.58. The molecule has 1 aliphatic carbocycles. The van der Waals surface area contributed by atoms with Gasteiger partial charge in [-0.2, -0.15) is 13.2 Å². The third-order valence-corrected chi connectivity index (χ3v) is 3.67. The van der Waals surface area contributed by atoms with Crippen molar-refractivity contribution in [1.82, 2.24) is 0 Å². The van der Waals surface area contributed by atoms with Gasteiger partial charge in [0.25, 0.3) is 0 Å². The van der Waals surface area contributed by atoms with Crippen LogP contribution in [0, 0.1) is 0 Å². The quantitative estimate of drug-likeness (QED) is 0.713. The summed E-state index contributed by atoms with van der Waals surface area (Å²) in [4.78, 5) is 1.44. The van der Waals surface area contributed by atoms with Crippen molar-refractivity contribution in [1.29, 1.82) is 0 Å². The number of alkyl halides is 4. The second-order valence-corrected chi connectivity index (χ2v) is 5.38. The molecule has 1 saturated carbocycles. The zero-order valence-corrected chi connectivity index (χ0v) is 11.8. The van der Waals surface area contributed by atoms with Gasteiger partial charge in [-0.25, -0.2) is 0 Å². The van der Waals surface area contributed by atoms with E-state index in [4.69, 9.17) is 11.6 Å². The summed E-state index contributed by atoms with van der Waals surface area (Å²) in [6.45, 7) is -0.903. The number of halogens is 5. The van der Waals surface area contributed by atoms with Crippen LogP contribution in [0.4, 0.5) is 18.9 Å². The highest BCUT2D eigenvalue weighted by Crippen LogP contribution is 2.37. The molecule has 1 fully saturated rings. The Morgan fingerprint density at radius 2 is 2.00 bits per heavy atom. The van der Waals surface area contributed by atoms with Crippen LogP contribution in [0.15, 0.2) is 18.2 Å². The van der Waals surface area contributed by atoms with Crippen molar-refractivity contribution in [2.45, 2.75) is 30.4 Å². The average molecular weight is 343 g/mol. The van der Waals surface area contributed by atoms with Crippen molar-refractivity contribution in [3.8, 4) is 0 Å². The molecule has 1 nitrogen and oxygen atoms in total. The van der Waals surface area contributed by atoms with E-state index in [-0.39, 0.29) is 6.04 Å². The monoisotopic (exact) mass is 341 g/mol. The molecule has 0 amide bonds. The van der Waals surface area contributed by atoms with Crippen LogP contribution >= 0.6 is 27.5 Å². The Hall–Kier alpha value is -0.420. The number of nitrogens with zero attached hydrogens (tertiary/aromatic N) is 1. The summed E-state index contributed by atoms with van der Waals surface area (Å²) >= 11 is 9.16. The van der Waals surface area contributed by atoms with E-state index in [1.165, 1.54) is 4.90 Å². The Labute approximate surface area is 117 Å². The zero-order chi connectivity index (χ0) is 13.3. The van der Waals surface area contributed by atoms with E-state index in [0.717, 1.165) is 18.4 Å². The fraction of sp³-hybridized carbons (Fsp3) is 0.500. The lowest BCUT2D eigenvalue weighted by atomic mass is 10.1. The second-order valence-electron chi connectivity index (χ2n) is 4.38. The molecule has 0 N–H and O–H groups in total. The molecule has 0 heterocycles. The van der Waals surface area contributed by atoms with Crippen molar-refractivity contribution in [3.05, 3.63) is 28.8 Å². The first-order valence-corrected chi connectivity index (χ1v) is 7.08. The molecule has 0 saturated heterocycles. The van der Waals surface area contributed by atoms with Gasteiger partial charge in [-0.1, -0.05) is 27.5 Å². The largest absolute Gasteiger partial charge is 0.405 e. The Morgan fingerprint density at radius 1 is 1.33 bits per heavy atom. The molecule has 18 heavy (non-hydrogen) atoms. The van der Waals surface area contributed by atoms with Gasteiger partial charge >= 0.3 is 6.18 Å². The molecule has 0 atom stereocenters. The van der Waals surface area contributed by atoms with Crippen LogP contribution in [0.25, 0.3) is 0 Å². The summed E-state index contributed by atoms with van der Waals surface area (Å²) < 4.78 is 37.8. The molecule has 0 aromatic heterocycles. The smallest absolute Gasteiger partial charge is 0.359 e. The van der Waals surface area contributed by atoms with E-state index in [2.05, 4.69) is 15.9 Å². The second kappa shape index (κ2) is 5.29. The van der Waals surface area contributed by atoms with Crippen LogP contribution in [0.1, 0.15) is 18.4 Å². The van der Waals surface area contributed by atoms with E-state index in [1.807, 2.05) is 0 Å². The molecule has 0 spiro atoms. The Balaban J connectivity index is 2.30. The van der Waals surface area contributed by atoms with Gasteiger partial charge in [0.15, 0.2) is 0 Å². The average Bonchev–Trinajstić information content (AvgIpc) is 3.08. The summed E-state index contributed by atoms with van der Waals surface area (Å²) in [6, 6.07) is 5.01.